The maximum absolute atomic E-state index is 12.8. The largest absolute Gasteiger partial charge is 0.573 e. The summed E-state index contributed by atoms with van der Waals surface area (Å²) >= 11 is 6.08. The molecule has 1 heterocycles. The molecule has 0 aliphatic heterocycles. The van der Waals surface area contributed by atoms with E-state index in [1.54, 1.807) is 48.7 Å². The Bertz CT molecular complexity index is 1090. The molecule has 0 aliphatic carbocycles. The molecule has 3 aromatic rings. The molecule has 2 N–H and O–H groups in total. The summed E-state index contributed by atoms with van der Waals surface area (Å²) in [6.07, 6.45) is -4.43. The van der Waals surface area contributed by atoms with Gasteiger partial charge in [-0.3, -0.25) is 4.79 Å². The number of rotatable bonds is 7. The van der Waals surface area contributed by atoms with Gasteiger partial charge in [0, 0.05) is 29.0 Å². The molecule has 0 saturated heterocycles. The number of hydrogen-bond acceptors (Lipinski definition) is 3. The topological polar surface area (TPSA) is 63.5 Å². The standard InChI is InChI=1S/C22H22ClF3N2O3/c1-21(2,30)8-9-27-20(29)19-12-15-11-16(23)6-7-18(15)28(19)13-14-4-3-5-17(10-14)31-22(24,25)26/h3-7,10-12,30H,8-9,13H2,1-2H3,(H,27,29). The van der Waals surface area contributed by atoms with E-state index in [4.69, 9.17) is 11.6 Å². The number of aromatic nitrogens is 1. The molecule has 166 valence electrons. The first-order valence-corrected chi connectivity index (χ1v) is 9.93. The highest BCUT2D eigenvalue weighted by atomic mass is 35.5. The zero-order valence-corrected chi connectivity index (χ0v) is 17.7. The highest BCUT2D eigenvalue weighted by molar-refractivity contribution is 6.31. The third-order valence-electron chi connectivity index (χ3n) is 4.59. The number of benzene rings is 2. The molecule has 0 aliphatic rings. The Balaban J connectivity index is 1.92. The molecule has 0 unspecified atom stereocenters. The minimum absolute atomic E-state index is 0.147. The normalized spacial score (nSPS) is 12.2. The molecular formula is C22H22ClF3N2O3. The summed E-state index contributed by atoms with van der Waals surface area (Å²) in [5, 5.41) is 13.8. The number of carbonyl (C=O) groups excluding carboxylic acids is 1. The van der Waals surface area contributed by atoms with E-state index in [2.05, 4.69) is 10.1 Å². The van der Waals surface area contributed by atoms with Gasteiger partial charge in [-0.1, -0.05) is 23.7 Å². The number of nitrogens with zero attached hydrogens (tertiary/aromatic N) is 1. The third kappa shape index (κ3) is 6.38. The fraction of sp³-hybridized carbons (Fsp3) is 0.318. The lowest BCUT2D eigenvalue weighted by molar-refractivity contribution is -0.274. The third-order valence-corrected chi connectivity index (χ3v) is 4.83. The van der Waals surface area contributed by atoms with Crippen molar-refractivity contribution in [2.24, 2.45) is 0 Å². The van der Waals surface area contributed by atoms with E-state index in [9.17, 15) is 23.1 Å². The zero-order valence-electron chi connectivity index (χ0n) is 17.0. The lowest BCUT2D eigenvalue weighted by Crippen LogP contribution is -2.32. The van der Waals surface area contributed by atoms with E-state index < -0.39 is 12.0 Å². The molecule has 0 bridgehead atoms. The Kier molecular flexibility index (Phi) is 6.52. The number of carbonyl (C=O) groups is 1. The van der Waals surface area contributed by atoms with E-state index in [1.165, 1.54) is 18.2 Å². The second-order valence-electron chi connectivity index (χ2n) is 7.83. The maximum atomic E-state index is 12.8. The van der Waals surface area contributed by atoms with Gasteiger partial charge in [0.25, 0.3) is 5.91 Å². The summed E-state index contributed by atoms with van der Waals surface area (Å²) < 4.78 is 43.4. The van der Waals surface area contributed by atoms with Crippen molar-refractivity contribution in [3.63, 3.8) is 0 Å². The van der Waals surface area contributed by atoms with Crippen molar-refractivity contribution in [2.75, 3.05) is 6.54 Å². The predicted octanol–water partition coefficient (Wildman–Crippen LogP) is 5.13. The van der Waals surface area contributed by atoms with Crippen LogP contribution in [0, 0.1) is 0 Å². The van der Waals surface area contributed by atoms with Gasteiger partial charge in [-0.15, -0.1) is 13.2 Å². The predicted molar refractivity (Wildman–Crippen MR) is 112 cm³/mol. The van der Waals surface area contributed by atoms with Crippen LogP contribution in [-0.2, 0) is 6.54 Å². The molecule has 9 heteroatoms. The summed E-state index contributed by atoms with van der Waals surface area (Å²) in [6, 6.07) is 12.4. The number of alkyl halides is 3. The van der Waals surface area contributed by atoms with Gasteiger partial charge in [0.2, 0.25) is 0 Å². The van der Waals surface area contributed by atoms with Crippen molar-refractivity contribution in [1.29, 1.82) is 0 Å². The monoisotopic (exact) mass is 454 g/mol. The highest BCUT2D eigenvalue weighted by Gasteiger charge is 2.31. The molecule has 2 aromatic carbocycles. The van der Waals surface area contributed by atoms with Crippen LogP contribution in [-0.4, -0.2) is 34.1 Å². The molecule has 1 aromatic heterocycles. The molecule has 0 atom stereocenters. The fourth-order valence-corrected chi connectivity index (χ4v) is 3.38. The Morgan fingerprint density at radius 2 is 1.90 bits per heavy atom. The molecule has 0 fully saturated rings. The van der Waals surface area contributed by atoms with Gasteiger partial charge < -0.3 is 19.7 Å². The summed E-state index contributed by atoms with van der Waals surface area (Å²) in [5.41, 5.74) is 0.640. The molecule has 1 amide bonds. The second kappa shape index (κ2) is 8.80. The van der Waals surface area contributed by atoms with Crippen LogP contribution >= 0.6 is 11.6 Å². The van der Waals surface area contributed by atoms with Crippen LogP contribution in [0.1, 0.15) is 36.3 Å². The molecular weight excluding hydrogens is 433 g/mol. The smallest absolute Gasteiger partial charge is 0.406 e. The highest BCUT2D eigenvalue weighted by Crippen LogP contribution is 2.27. The average Bonchev–Trinajstić information content (AvgIpc) is 2.97. The van der Waals surface area contributed by atoms with Crippen LogP contribution in [0.3, 0.4) is 0 Å². The van der Waals surface area contributed by atoms with Crippen molar-refractivity contribution >= 4 is 28.4 Å². The number of halogens is 4. The van der Waals surface area contributed by atoms with Gasteiger partial charge in [-0.25, -0.2) is 0 Å². The van der Waals surface area contributed by atoms with Gasteiger partial charge >= 0.3 is 6.36 Å². The minimum atomic E-state index is -4.79. The molecule has 5 nitrogen and oxygen atoms in total. The fourth-order valence-electron chi connectivity index (χ4n) is 3.20. The van der Waals surface area contributed by atoms with E-state index >= 15 is 0 Å². The van der Waals surface area contributed by atoms with Crippen LogP contribution in [0.25, 0.3) is 10.9 Å². The first kappa shape index (κ1) is 23.0. The van der Waals surface area contributed by atoms with E-state index in [0.717, 1.165) is 5.39 Å². The summed E-state index contributed by atoms with van der Waals surface area (Å²) in [5.74, 6) is -0.694. The summed E-state index contributed by atoms with van der Waals surface area (Å²) in [7, 11) is 0. The van der Waals surface area contributed by atoms with E-state index in [1.807, 2.05) is 0 Å². The van der Waals surface area contributed by atoms with Crippen molar-refractivity contribution in [3.05, 3.63) is 64.8 Å². The van der Waals surface area contributed by atoms with Gasteiger partial charge in [-0.05, 0) is 62.2 Å². The summed E-state index contributed by atoms with van der Waals surface area (Å²) in [4.78, 5) is 12.8. The van der Waals surface area contributed by atoms with Crippen molar-refractivity contribution in [3.8, 4) is 5.75 Å². The Labute approximate surface area is 182 Å². The van der Waals surface area contributed by atoms with Gasteiger partial charge in [-0.2, -0.15) is 0 Å². The summed E-state index contributed by atoms with van der Waals surface area (Å²) in [6.45, 7) is 3.70. The number of nitrogens with one attached hydrogen (secondary N) is 1. The Hall–Kier alpha value is -2.71. The Morgan fingerprint density at radius 3 is 2.58 bits per heavy atom. The second-order valence-corrected chi connectivity index (χ2v) is 8.27. The van der Waals surface area contributed by atoms with Gasteiger partial charge in [0.05, 0.1) is 5.60 Å². The van der Waals surface area contributed by atoms with Crippen LogP contribution in [0.5, 0.6) is 5.75 Å². The quantitative estimate of drug-likeness (QED) is 0.520. The Morgan fingerprint density at radius 1 is 1.16 bits per heavy atom. The number of fused-ring (bicyclic) bond motifs is 1. The van der Waals surface area contributed by atoms with Crippen LogP contribution in [0.15, 0.2) is 48.5 Å². The molecule has 3 rings (SSSR count). The van der Waals surface area contributed by atoms with Crippen molar-refractivity contribution in [1.82, 2.24) is 9.88 Å². The molecule has 0 spiro atoms. The molecule has 31 heavy (non-hydrogen) atoms. The van der Waals surface area contributed by atoms with Crippen LogP contribution in [0.2, 0.25) is 5.02 Å². The SMILES string of the molecule is CC(C)(O)CCNC(=O)c1cc2cc(Cl)ccc2n1Cc1cccc(OC(F)(F)F)c1. The molecule has 0 radical (unpaired) electrons. The van der Waals surface area contributed by atoms with Gasteiger partial charge in [0.1, 0.15) is 11.4 Å². The lowest BCUT2D eigenvalue weighted by Gasteiger charge is -2.17. The lowest BCUT2D eigenvalue weighted by atomic mass is 10.1. The van der Waals surface area contributed by atoms with Gasteiger partial charge in [0.15, 0.2) is 0 Å². The first-order valence-electron chi connectivity index (χ1n) is 9.55. The number of ether oxygens (including phenoxy) is 1. The number of hydrogen-bond donors (Lipinski definition) is 2. The van der Waals surface area contributed by atoms with Crippen molar-refractivity contribution in [2.45, 2.75) is 38.8 Å². The first-order chi connectivity index (χ1) is 14.4. The minimum Gasteiger partial charge on any atom is -0.406 e. The maximum Gasteiger partial charge on any atom is 0.573 e. The van der Waals surface area contributed by atoms with E-state index in [0.29, 0.717) is 28.2 Å². The number of amides is 1. The van der Waals surface area contributed by atoms with Crippen LogP contribution in [0.4, 0.5) is 13.2 Å². The zero-order chi connectivity index (χ0) is 22.8. The van der Waals surface area contributed by atoms with Crippen molar-refractivity contribution < 1.29 is 27.8 Å². The average molecular weight is 455 g/mol. The number of aliphatic hydroxyl groups is 1. The van der Waals surface area contributed by atoms with Crippen LogP contribution < -0.4 is 10.1 Å². The molecule has 0 saturated carbocycles. The van der Waals surface area contributed by atoms with E-state index in [-0.39, 0.29) is 24.7 Å².